The average molecular weight is 395 g/mol. The molecule has 2 amide bonds. The molecule has 1 N–H and O–H groups in total. The second-order valence-corrected chi connectivity index (χ2v) is 11.3. The van der Waals surface area contributed by atoms with Crippen LogP contribution in [0.25, 0.3) is 0 Å². The van der Waals surface area contributed by atoms with Crippen LogP contribution in [0, 0.1) is 23.2 Å². The molecule has 1 aromatic carbocycles. The standard InChI is InChI=1S/C25H34N2O2/c1-24(2,3)26-22(28)20-8-9-27(21-7-5-4-6-19(20)21)23(29)25-13-16-10-17(14-25)12-18(11-16)15-25/h4-7,16-18,20H,8-15H2,1-3H3,(H,26,28). The molecule has 0 saturated heterocycles. The highest BCUT2D eigenvalue weighted by Gasteiger charge is 2.56. The van der Waals surface area contributed by atoms with Gasteiger partial charge in [0.05, 0.1) is 11.3 Å². The van der Waals surface area contributed by atoms with Crippen molar-refractivity contribution >= 4 is 17.5 Å². The van der Waals surface area contributed by atoms with Crippen molar-refractivity contribution in [1.29, 1.82) is 0 Å². The van der Waals surface area contributed by atoms with Crippen LogP contribution in [0.15, 0.2) is 24.3 Å². The summed E-state index contributed by atoms with van der Waals surface area (Å²) in [7, 11) is 0. The molecule has 5 aliphatic rings. The van der Waals surface area contributed by atoms with Gasteiger partial charge in [-0.2, -0.15) is 0 Å². The van der Waals surface area contributed by atoms with Crippen LogP contribution in [0.3, 0.4) is 0 Å². The molecule has 4 saturated carbocycles. The van der Waals surface area contributed by atoms with Gasteiger partial charge in [0.15, 0.2) is 0 Å². The van der Waals surface area contributed by atoms with Gasteiger partial charge >= 0.3 is 0 Å². The van der Waals surface area contributed by atoms with Gasteiger partial charge in [-0.3, -0.25) is 9.59 Å². The van der Waals surface area contributed by atoms with E-state index in [9.17, 15) is 9.59 Å². The predicted molar refractivity (Wildman–Crippen MR) is 115 cm³/mol. The Hall–Kier alpha value is -1.84. The van der Waals surface area contributed by atoms with Gasteiger partial charge in [-0.15, -0.1) is 0 Å². The van der Waals surface area contributed by atoms with Crippen LogP contribution in [-0.2, 0) is 9.59 Å². The van der Waals surface area contributed by atoms with Crippen molar-refractivity contribution in [3.05, 3.63) is 29.8 Å². The van der Waals surface area contributed by atoms with Gasteiger partial charge in [-0.25, -0.2) is 0 Å². The van der Waals surface area contributed by atoms with Gasteiger partial charge in [0.25, 0.3) is 0 Å². The summed E-state index contributed by atoms with van der Waals surface area (Å²) in [4.78, 5) is 29.0. The first-order valence-electron chi connectivity index (χ1n) is 11.5. The molecule has 4 fully saturated rings. The Bertz CT molecular complexity index is 802. The van der Waals surface area contributed by atoms with Gasteiger partial charge in [-0.05, 0) is 95.1 Å². The summed E-state index contributed by atoms with van der Waals surface area (Å²) in [6.45, 7) is 6.70. The Morgan fingerprint density at radius 2 is 1.59 bits per heavy atom. The highest BCUT2D eigenvalue weighted by Crippen LogP contribution is 2.61. The number of anilines is 1. The minimum Gasteiger partial charge on any atom is -0.351 e. The van der Waals surface area contributed by atoms with Crippen LogP contribution < -0.4 is 10.2 Å². The summed E-state index contributed by atoms with van der Waals surface area (Å²) < 4.78 is 0. The summed E-state index contributed by atoms with van der Waals surface area (Å²) in [5.41, 5.74) is 1.59. The molecule has 29 heavy (non-hydrogen) atoms. The Morgan fingerprint density at radius 3 is 2.17 bits per heavy atom. The van der Waals surface area contributed by atoms with E-state index < -0.39 is 0 Å². The number of benzene rings is 1. The Balaban J connectivity index is 1.44. The number of hydrogen-bond donors (Lipinski definition) is 1. The van der Waals surface area contributed by atoms with E-state index in [1.54, 1.807) is 0 Å². The maximum absolute atomic E-state index is 13.9. The summed E-state index contributed by atoms with van der Waals surface area (Å²) in [6, 6.07) is 8.09. The highest BCUT2D eigenvalue weighted by atomic mass is 16.2. The van der Waals surface area contributed by atoms with Crippen molar-refractivity contribution in [3.63, 3.8) is 0 Å². The molecule has 4 nitrogen and oxygen atoms in total. The van der Waals surface area contributed by atoms with Crippen molar-refractivity contribution < 1.29 is 9.59 Å². The lowest BCUT2D eigenvalue weighted by atomic mass is 9.49. The summed E-state index contributed by atoms with van der Waals surface area (Å²) in [5, 5.41) is 3.14. The molecular formula is C25H34N2O2. The lowest BCUT2D eigenvalue weighted by molar-refractivity contribution is -0.143. The molecule has 1 unspecified atom stereocenters. The summed E-state index contributed by atoms with van der Waals surface area (Å²) in [5.74, 6) is 2.53. The van der Waals surface area contributed by atoms with Crippen molar-refractivity contribution in [2.75, 3.05) is 11.4 Å². The molecule has 156 valence electrons. The van der Waals surface area contributed by atoms with Crippen LogP contribution in [0.4, 0.5) is 5.69 Å². The smallest absolute Gasteiger partial charge is 0.233 e. The van der Waals surface area contributed by atoms with E-state index in [-0.39, 0.29) is 22.8 Å². The number of nitrogens with one attached hydrogen (secondary N) is 1. The zero-order valence-electron chi connectivity index (χ0n) is 18.0. The maximum Gasteiger partial charge on any atom is 0.233 e. The number of rotatable bonds is 2. The molecular weight excluding hydrogens is 360 g/mol. The molecule has 0 spiro atoms. The van der Waals surface area contributed by atoms with E-state index in [0.29, 0.717) is 18.9 Å². The highest BCUT2D eigenvalue weighted by molar-refractivity contribution is 6.00. The fourth-order valence-electron chi connectivity index (χ4n) is 7.16. The molecule has 1 aromatic rings. The molecule has 1 heterocycles. The summed E-state index contributed by atoms with van der Waals surface area (Å²) in [6.07, 6.45) is 8.00. The van der Waals surface area contributed by atoms with Crippen LogP contribution in [0.5, 0.6) is 0 Å². The monoisotopic (exact) mass is 394 g/mol. The number of nitrogens with zero attached hydrogens (tertiary/aromatic N) is 1. The Kier molecular flexibility index (Phi) is 4.34. The van der Waals surface area contributed by atoms with Crippen LogP contribution >= 0.6 is 0 Å². The number of carbonyl (C=O) groups excluding carboxylic acids is 2. The third kappa shape index (κ3) is 3.29. The third-order valence-electron chi connectivity index (χ3n) is 7.80. The quantitative estimate of drug-likeness (QED) is 0.794. The normalized spacial score (nSPS) is 35.3. The van der Waals surface area contributed by atoms with Crippen molar-refractivity contribution in [1.82, 2.24) is 5.32 Å². The largest absolute Gasteiger partial charge is 0.351 e. The zero-order chi connectivity index (χ0) is 20.4. The van der Waals surface area contributed by atoms with Gasteiger partial charge in [0.2, 0.25) is 11.8 Å². The second-order valence-electron chi connectivity index (χ2n) is 11.3. The number of fused-ring (bicyclic) bond motifs is 1. The van der Waals surface area contributed by atoms with Gasteiger partial charge in [-0.1, -0.05) is 18.2 Å². The van der Waals surface area contributed by atoms with Gasteiger partial charge in [0.1, 0.15) is 0 Å². The topological polar surface area (TPSA) is 49.4 Å². The van der Waals surface area contributed by atoms with E-state index in [2.05, 4.69) is 5.32 Å². The predicted octanol–water partition coefficient (Wildman–Crippen LogP) is 4.64. The molecule has 4 heteroatoms. The van der Waals surface area contributed by atoms with Crippen LogP contribution in [0.1, 0.15) is 77.2 Å². The molecule has 6 rings (SSSR count). The lowest BCUT2D eigenvalue weighted by Crippen LogP contribution is -2.56. The van der Waals surface area contributed by atoms with E-state index in [1.807, 2.05) is 49.9 Å². The Morgan fingerprint density at radius 1 is 1.00 bits per heavy atom. The van der Waals surface area contributed by atoms with Gasteiger partial charge in [0, 0.05) is 17.8 Å². The van der Waals surface area contributed by atoms with Crippen LogP contribution in [-0.4, -0.2) is 23.9 Å². The fraction of sp³-hybridized carbons (Fsp3) is 0.680. The minimum atomic E-state index is -0.252. The van der Waals surface area contributed by atoms with E-state index in [4.69, 9.17) is 0 Å². The van der Waals surface area contributed by atoms with E-state index in [0.717, 1.165) is 48.3 Å². The molecule has 4 aliphatic carbocycles. The van der Waals surface area contributed by atoms with Crippen molar-refractivity contribution in [3.8, 4) is 0 Å². The van der Waals surface area contributed by atoms with Crippen LogP contribution in [0.2, 0.25) is 0 Å². The van der Waals surface area contributed by atoms with Crippen molar-refractivity contribution in [2.24, 2.45) is 23.2 Å². The van der Waals surface area contributed by atoms with E-state index >= 15 is 0 Å². The summed E-state index contributed by atoms with van der Waals surface area (Å²) >= 11 is 0. The second kappa shape index (κ2) is 6.58. The number of carbonyl (C=O) groups is 2. The number of hydrogen-bond acceptors (Lipinski definition) is 2. The first-order valence-corrected chi connectivity index (χ1v) is 11.5. The molecule has 0 radical (unpaired) electrons. The van der Waals surface area contributed by atoms with Crippen molar-refractivity contribution in [2.45, 2.75) is 77.2 Å². The molecule has 4 bridgehead atoms. The minimum absolute atomic E-state index is 0.0758. The molecule has 1 atom stereocenters. The first-order chi connectivity index (χ1) is 13.7. The SMILES string of the molecule is CC(C)(C)NC(=O)C1CCN(C(=O)C23CC4CC(CC(C4)C2)C3)c2ccccc21. The number of amides is 2. The fourth-order valence-corrected chi connectivity index (χ4v) is 7.16. The maximum atomic E-state index is 13.9. The van der Waals surface area contributed by atoms with Gasteiger partial charge < -0.3 is 10.2 Å². The number of para-hydroxylation sites is 1. The average Bonchev–Trinajstić information content (AvgIpc) is 2.64. The first kappa shape index (κ1) is 19.1. The van der Waals surface area contributed by atoms with E-state index in [1.165, 1.54) is 19.3 Å². The zero-order valence-corrected chi connectivity index (χ0v) is 18.0. The molecule has 0 aromatic heterocycles. The lowest BCUT2D eigenvalue weighted by Gasteiger charge is -2.57. The third-order valence-corrected chi connectivity index (χ3v) is 7.80. The molecule has 1 aliphatic heterocycles. The Labute approximate surface area is 174 Å².